The van der Waals surface area contributed by atoms with E-state index in [0.717, 1.165) is 24.8 Å². The van der Waals surface area contributed by atoms with Crippen LogP contribution in [0.5, 0.6) is 0 Å². The number of hydrogen-bond acceptors (Lipinski definition) is 9. The molecule has 2 bridgehead atoms. The summed E-state index contributed by atoms with van der Waals surface area (Å²) >= 11 is 0. The second kappa shape index (κ2) is 6.73. The van der Waals surface area contributed by atoms with Crippen LogP contribution >= 0.6 is 0 Å². The molecule has 0 N–H and O–H groups in total. The van der Waals surface area contributed by atoms with Crippen LogP contribution in [-0.4, -0.2) is 46.7 Å². The second-order valence-electron chi connectivity index (χ2n) is 7.14. The van der Waals surface area contributed by atoms with E-state index in [9.17, 15) is 29.3 Å². The van der Waals surface area contributed by atoms with E-state index in [0.29, 0.717) is 0 Å². The largest absolute Gasteiger partial charge is 0.422 e. The van der Waals surface area contributed by atoms with Gasteiger partial charge in [0.1, 0.15) is 0 Å². The number of fused-ring (bicyclic) bond motifs is 5. The summed E-state index contributed by atoms with van der Waals surface area (Å²) in [6.45, 7) is 2.21. The van der Waals surface area contributed by atoms with Gasteiger partial charge in [-0.3, -0.25) is 29.3 Å². The number of rotatable bonds is 5. The first-order chi connectivity index (χ1) is 14.2. The number of ether oxygens (including phenoxy) is 3. The molecule has 3 aliphatic rings. The first-order valence-corrected chi connectivity index (χ1v) is 8.99. The number of benzene rings is 1. The molecular formula is C19H16N2O9. The number of esters is 2. The van der Waals surface area contributed by atoms with E-state index < -0.39 is 58.5 Å². The van der Waals surface area contributed by atoms with E-state index in [4.69, 9.17) is 14.2 Å². The third kappa shape index (κ3) is 2.77. The van der Waals surface area contributed by atoms with Gasteiger partial charge >= 0.3 is 11.9 Å². The van der Waals surface area contributed by atoms with Gasteiger partial charge in [-0.2, -0.15) is 0 Å². The SMILES string of the molecule is CC(=O)OC(OC(C)=O)[C@]12C=C[C@@H](O1)[C@H]1C(=O)N(c3cccc([N+](=O)[O-])c3)C(=O)[C@@H]12. The highest BCUT2D eigenvalue weighted by atomic mass is 16.7. The van der Waals surface area contributed by atoms with Gasteiger partial charge in [0.05, 0.1) is 28.6 Å². The van der Waals surface area contributed by atoms with E-state index in [1.807, 2.05) is 0 Å². The number of imide groups is 1. The van der Waals surface area contributed by atoms with E-state index >= 15 is 0 Å². The zero-order valence-corrected chi connectivity index (χ0v) is 15.8. The molecule has 0 aliphatic carbocycles. The Kier molecular flexibility index (Phi) is 4.42. The summed E-state index contributed by atoms with van der Waals surface area (Å²) in [7, 11) is 0. The quantitative estimate of drug-likeness (QED) is 0.170. The molecule has 0 saturated carbocycles. The number of nitro groups is 1. The number of anilines is 1. The Labute approximate surface area is 169 Å². The molecule has 156 valence electrons. The predicted molar refractivity (Wildman–Crippen MR) is 96.6 cm³/mol. The normalized spacial score (nSPS) is 28.8. The van der Waals surface area contributed by atoms with Crippen LogP contribution in [0.4, 0.5) is 11.4 Å². The average molecular weight is 416 g/mol. The van der Waals surface area contributed by atoms with Gasteiger partial charge in [0.25, 0.3) is 12.0 Å². The summed E-state index contributed by atoms with van der Waals surface area (Å²) in [6, 6.07) is 5.13. The van der Waals surface area contributed by atoms with Crippen molar-refractivity contribution in [2.75, 3.05) is 4.90 Å². The lowest BCUT2D eigenvalue weighted by atomic mass is 9.76. The van der Waals surface area contributed by atoms with Gasteiger partial charge in [0.15, 0.2) is 5.60 Å². The summed E-state index contributed by atoms with van der Waals surface area (Å²) in [5, 5.41) is 11.1. The molecule has 3 heterocycles. The summed E-state index contributed by atoms with van der Waals surface area (Å²) in [6.07, 6.45) is 0.621. The third-order valence-electron chi connectivity index (χ3n) is 5.29. The van der Waals surface area contributed by atoms with Gasteiger partial charge in [-0.1, -0.05) is 12.1 Å². The van der Waals surface area contributed by atoms with Gasteiger partial charge in [-0.25, -0.2) is 4.90 Å². The van der Waals surface area contributed by atoms with Crippen LogP contribution in [0.25, 0.3) is 0 Å². The molecule has 30 heavy (non-hydrogen) atoms. The van der Waals surface area contributed by atoms with E-state index in [1.165, 1.54) is 24.3 Å². The topological polar surface area (TPSA) is 142 Å². The van der Waals surface area contributed by atoms with E-state index in [2.05, 4.69) is 0 Å². The first kappa shape index (κ1) is 19.7. The molecular weight excluding hydrogens is 400 g/mol. The number of nitrogens with zero attached hydrogens (tertiary/aromatic N) is 2. The Morgan fingerprint density at radius 1 is 1.20 bits per heavy atom. The highest BCUT2D eigenvalue weighted by Crippen LogP contribution is 2.54. The fourth-order valence-corrected chi connectivity index (χ4v) is 4.22. The lowest BCUT2D eigenvalue weighted by Gasteiger charge is -2.34. The Morgan fingerprint density at radius 2 is 1.87 bits per heavy atom. The molecule has 0 spiro atoms. The molecule has 0 radical (unpaired) electrons. The van der Waals surface area contributed by atoms with Crippen molar-refractivity contribution < 1.29 is 38.3 Å². The second-order valence-corrected chi connectivity index (χ2v) is 7.14. The molecule has 11 nitrogen and oxygen atoms in total. The monoisotopic (exact) mass is 416 g/mol. The van der Waals surface area contributed by atoms with Crippen molar-refractivity contribution in [1.29, 1.82) is 0 Å². The Morgan fingerprint density at radius 3 is 2.47 bits per heavy atom. The number of amides is 2. The van der Waals surface area contributed by atoms with Crippen molar-refractivity contribution in [3.63, 3.8) is 0 Å². The first-order valence-electron chi connectivity index (χ1n) is 8.99. The molecule has 1 aromatic rings. The van der Waals surface area contributed by atoms with Crippen LogP contribution in [0, 0.1) is 22.0 Å². The molecule has 3 aliphatic heterocycles. The fourth-order valence-electron chi connectivity index (χ4n) is 4.22. The number of nitro benzene ring substituents is 1. The molecule has 4 atom stereocenters. The summed E-state index contributed by atoms with van der Waals surface area (Å²) in [5.41, 5.74) is -1.91. The fraction of sp³-hybridized carbons (Fsp3) is 0.368. The Bertz CT molecular complexity index is 1000. The van der Waals surface area contributed by atoms with Gasteiger partial charge in [0, 0.05) is 26.0 Å². The Hall–Kier alpha value is -3.60. The zero-order chi connectivity index (χ0) is 21.8. The standard InChI is InChI=1S/C19H16N2O9/c1-9(22)28-18(29-10(2)23)19-7-6-13(30-19)14-15(19)17(25)20(16(14)24)11-4-3-5-12(8-11)21(26)27/h3-8,13-15,18H,1-2H3/t13-,14-,15-,19-/m1/s1. The molecule has 2 saturated heterocycles. The summed E-state index contributed by atoms with van der Waals surface area (Å²) < 4.78 is 16.1. The lowest BCUT2D eigenvalue weighted by Crippen LogP contribution is -2.52. The minimum atomic E-state index is -1.67. The molecule has 2 amide bonds. The van der Waals surface area contributed by atoms with Crippen molar-refractivity contribution in [2.24, 2.45) is 11.8 Å². The summed E-state index contributed by atoms with van der Waals surface area (Å²) in [5.74, 6) is -4.93. The average Bonchev–Trinajstić information content (AvgIpc) is 3.32. The van der Waals surface area contributed by atoms with E-state index in [-0.39, 0.29) is 11.4 Å². The highest BCUT2D eigenvalue weighted by Gasteiger charge is 2.72. The minimum Gasteiger partial charge on any atom is -0.422 e. The predicted octanol–water partition coefficient (Wildman–Crippen LogP) is 0.860. The van der Waals surface area contributed by atoms with Crippen molar-refractivity contribution in [3.05, 3.63) is 46.5 Å². The van der Waals surface area contributed by atoms with Crippen LogP contribution < -0.4 is 4.90 Å². The third-order valence-corrected chi connectivity index (χ3v) is 5.29. The molecule has 0 aromatic heterocycles. The van der Waals surface area contributed by atoms with Gasteiger partial charge in [-0.05, 0) is 12.1 Å². The number of hydrogen-bond donors (Lipinski definition) is 0. The number of non-ortho nitro benzene ring substituents is 1. The van der Waals surface area contributed by atoms with Gasteiger partial charge in [-0.15, -0.1) is 0 Å². The summed E-state index contributed by atoms with van der Waals surface area (Å²) in [4.78, 5) is 60.8. The molecule has 11 heteroatoms. The Balaban J connectivity index is 1.75. The van der Waals surface area contributed by atoms with Gasteiger partial charge in [0.2, 0.25) is 11.8 Å². The van der Waals surface area contributed by atoms with Gasteiger partial charge < -0.3 is 14.2 Å². The van der Waals surface area contributed by atoms with Crippen LogP contribution in [0.15, 0.2) is 36.4 Å². The van der Waals surface area contributed by atoms with Crippen LogP contribution in [-0.2, 0) is 33.4 Å². The van der Waals surface area contributed by atoms with Crippen molar-refractivity contribution >= 4 is 35.1 Å². The molecule has 1 aromatic carbocycles. The zero-order valence-electron chi connectivity index (χ0n) is 15.8. The number of carbonyl (C=O) groups is 4. The number of carbonyl (C=O) groups excluding carboxylic acids is 4. The molecule has 0 unspecified atom stereocenters. The van der Waals surface area contributed by atoms with Crippen LogP contribution in [0.1, 0.15) is 13.8 Å². The van der Waals surface area contributed by atoms with Crippen molar-refractivity contribution in [1.82, 2.24) is 0 Å². The maximum absolute atomic E-state index is 13.3. The maximum Gasteiger partial charge on any atom is 0.305 e. The smallest absolute Gasteiger partial charge is 0.305 e. The van der Waals surface area contributed by atoms with Crippen molar-refractivity contribution in [3.8, 4) is 0 Å². The van der Waals surface area contributed by atoms with Crippen LogP contribution in [0.2, 0.25) is 0 Å². The van der Waals surface area contributed by atoms with Crippen molar-refractivity contribution in [2.45, 2.75) is 31.8 Å². The highest BCUT2D eigenvalue weighted by molar-refractivity contribution is 6.23. The van der Waals surface area contributed by atoms with E-state index in [1.54, 1.807) is 6.08 Å². The molecule has 4 rings (SSSR count). The minimum absolute atomic E-state index is 0.0414. The molecule has 2 fully saturated rings. The lowest BCUT2D eigenvalue weighted by molar-refractivity contribution is -0.384. The van der Waals surface area contributed by atoms with Crippen LogP contribution in [0.3, 0.4) is 0 Å². The maximum atomic E-state index is 13.3.